The fourth-order valence-corrected chi connectivity index (χ4v) is 4.38. The van der Waals surface area contributed by atoms with Gasteiger partial charge in [0.25, 0.3) is 18.2 Å². The van der Waals surface area contributed by atoms with Gasteiger partial charge in [-0.1, -0.05) is 0 Å². The van der Waals surface area contributed by atoms with Crippen LogP contribution < -0.4 is 15.8 Å². The number of nitrogens with one attached hydrogen (secondary N) is 1. The summed E-state index contributed by atoms with van der Waals surface area (Å²) < 4.78 is 103. The monoisotopic (exact) mass is 547 g/mol. The molecular weight excluding hydrogens is 535 g/mol. The summed E-state index contributed by atoms with van der Waals surface area (Å²) in [4.78, 5) is 28.3. The molecule has 0 aliphatic rings. The Morgan fingerprint density at radius 1 is 1.08 bits per heavy atom. The van der Waals surface area contributed by atoms with Gasteiger partial charge in [-0.15, -0.1) is 11.3 Å². The fourth-order valence-electron chi connectivity index (χ4n) is 3.32. The van der Waals surface area contributed by atoms with E-state index in [1.54, 1.807) is 0 Å². The molecule has 37 heavy (non-hydrogen) atoms. The zero-order valence-electron chi connectivity index (χ0n) is 18.2. The number of anilines is 1. The van der Waals surface area contributed by atoms with Crippen molar-refractivity contribution >= 4 is 39.1 Å². The number of primary amides is 1. The van der Waals surface area contributed by atoms with Crippen molar-refractivity contribution in [3.8, 4) is 5.75 Å². The van der Waals surface area contributed by atoms with Gasteiger partial charge < -0.3 is 20.2 Å². The first-order chi connectivity index (χ1) is 17.4. The van der Waals surface area contributed by atoms with Crippen LogP contribution in [0, 0.1) is 36.0 Å². The highest BCUT2D eigenvalue weighted by molar-refractivity contribution is 7.21. The van der Waals surface area contributed by atoms with E-state index in [-0.39, 0.29) is 32.1 Å². The third kappa shape index (κ3) is 4.69. The number of furan rings is 1. The predicted octanol–water partition coefficient (Wildman–Crippen LogP) is 5.76. The highest BCUT2D eigenvalue weighted by Crippen LogP contribution is 2.38. The Hall–Kier alpha value is -4.14. The van der Waals surface area contributed by atoms with Crippen LogP contribution in [0.25, 0.3) is 10.2 Å². The molecule has 0 aliphatic heterocycles. The van der Waals surface area contributed by atoms with E-state index in [0.29, 0.717) is 11.3 Å². The van der Waals surface area contributed by atoms with Crippen molar-refractivity contribution in [1.82, 2.24) is 4.98 Å². The lowest BCUT2D eigenvalue weighted by Gasteiger charge is -2.09. The van der Waals surface area contributed by atoms with Gasteiger partial charge >= 0.3 is 0 Å². The highest BCUT2D eigenvalue weighted by Gasteiger charge is 2.28. The number of thiophene rings is 1. The normalized spacial score (nSPS) is 11.4. The van der Waals surface area contributed by atoms with Crippen molar-refractivity contribution in [2.24, 2.45) is 5.73 Å². The Kier molecular flexibility index (Phi) is 6.82. The third-order valence-corrected chi connectivity index (χ3v) is 6.08. The molecule has 0 bridgehead atoms. The first kappa shape index (κ1) is 25.9. The number of aryl methyl sites for hydroxylation is 1. The number of amides is 2. The summed E-state index contributed by atoms with van der Waals surface area (Å²) in [5.74, 6) is -15.2. The average molecular weight is 547 g/mol. The van der Waals surface area contributed by atoms with Crippen LogP contribution in [-0.4, -0.2) is 16.8 Å². The van der Waals surface area contributed by atoms with Gasteiger partial charge in [0.15, 0.2) is 11.5 Å². The number of alkyl halides is 2. The molecule has 0 atom stereocenters. The summed E-state index contributed by atoms with van der Waals surface area (Å²) in [7, 11) is 0. The Balaban J connectivity index is 1.59. The molecule has 0 saturated heterocycles. The molecular formula is C22H12F7N3O4S. The van der Waals surface area contributed by atoms with Crippen molar-refractivity contribution in [1.29, 1.82) is 0 Å². The number of hydrogen-bond donors (Lipinski definition) is 2. The second-order valence-electron chi connectivity index (χ2n) is 7.42. The van der Waals surface area contributed by atoms with Gasteiger partial charge in [0, 0.05) is 5.39 Å². The van der Waals surface area contributed by atoms with E-state index >= 15 is 0 Å². The number of halogens is 7. The summed E-state index contributed by atoms with van der Waals surface area (Å²) in [6.45, 7) is 0.643. The SMILES string of the molecule is Cc1cc(C(F)F)nc2sc(C(N)=O)c(NC(=O)c3ccc(COc4c(F)c(F)c(F)c(F)c4F)o3)c12. The van der Waals surface area contributed by atoms with Gasteiger partial charge in [-0.2, -0.15) is 8.78 Å². The maximum atomic E-state index is 13.8. The number of hydrogen-bond acceptors (Lipinski definition) is 6. The molecule has 0 aliphatic carbocycles. The minimum Gasteiger partial charge on any atom is -0.479 e. The molecule has 0 fully saturated rings. The number of nitrogens with two attached hydrogens (primary N) is 1. The highest BCUT2D eigenvalue weighted by atomic mass is 32.1. The summed E-state index contributed by atoms with van der Waals surface area (Å²) in [6.07, 6.45) is -2.88. The van der Waals surface area contributed by atoms with Crippen LogP contribution in [0.1, 0.15) is 43.7 Å². The zero-order valence-corrected chi connectivity index (χ0v) is 19.0. The number of carbonyl (C=O) groups excluding carboxylic acids is 2. The van der Waals surface area contributed by atoms with Gasteiger partial charge in [0.2, 0.25) is 29.1 Å². The molecule has 0 unspecified atom stereocenters. The number of ether oxygens (including phenoxy) is 1. The Morgan fingerprint density at radius 2 is 1.70 bits per heavy atom. The van der Waals surface area contributed by atoms with Crippen molar-refractivity contribution < 1.29 is 49.5 Å². The Labute approximate surface area is 205 Å². The van der Waals surface area contributed by atoms with Crippen LogP contribution >= 0.6 is 11.3 Å². The van der Waals surface area contributed by atoms with E-state index in [1.165, 1.54) is 6.92 Å². The van der Waals surface area contributed by atoms with Gasteiger partial charge in [0.1, 0.15) is 27.8 Å². The van der Waals surface area contributed by atoms with E-state index in [1.807, 2.05) is 0 Å². The Bertz CT molecular complexity index is 1540. The number of pyridine rings is 1. The Morgan fingerprint density at radius 3 is 2.30 bits per heavy atom. The van der Waals surface area contributed by atoms with Crippen LogP contribution in [0.3, 0.4) is 0 Å². The maximum absolute atomic E-state index is 13.8. The van der Waals surface area contributed by atoms with Crippen molar-refractivity contribution in [3.63, 3.8) is 0 Å². The molecule has 0 saturated carbocycles. The molecule has 1 aromatic carbocycles. The molecule has 0 radical (unpaired) electrons. The smallest absolute Gasteiger partial charge is 0.291 e. The fraction of sp³-hybridized carbons (Fsp3) is 0.136. The molecule has 4 rings (SSSR count). The van der Waals surface area contributed by atoms with E-state index in [2.05, 4.69) is 15.0 Å². The number of benzene rings is 1. The molecule has 7 nitrogen and oxygen atoms in total. The number of aromatic nitrogens is 1. The summed E-state index contributed by atoms with van der Waals surface area (Å²) in [6, 6.07) is 3.32. The van der Waals surface area contributed by atoms with Crippen molar-refractivity contribution in [3.05, 3.63) is 74.9 Å². The van der Waals surface area contributed by atoms with Crippen LogP contribution in [0.2, 0.25) is 0 Å². The largest absolute Gasteiger partial charge is 0.479 e. The second-order valence-corrected chi connectivity index (χ2v) is 8.42. The maximum Gasteiger partial charge on any atom is 0.291 e. The predicted molar refractivity (Wildman–Crippen MR) is 115 cm³/mol. The molecule has 194 valence electrons. The number of rotatable bonds is 7. The van der Waals surface area contributed by atoms with Crippen LogP contribution in [0.5, 0.6) is 5.75 Å². The lowest BCUT2D eigenvalue weighted by Crippen LogP contribution is -2.16. The summed E-state index contributed by atoms with van der Waals surface area (Å²) in [5.41, 5.74) is 5.00. The van der Waals surface area contributed by atoms with Crippen molar-refractivity contribution in [2.45, 2.75) is 20.0 Å². The molecule has 0 spiro atoms. The molecule has 3 aromatic heterocycles. The quantitative estimate of drug-likeness (QED) is 0.174. The van der Waals surface area contributed by atoms with E-state index in [4.69, 9.17) is 10.2 Å². The number of nitrogens with zero attached hydrogens (tertiary/aromatic N) is 1. The van der Waals surface area contributed by atoms with Gasteiger partial charge in [0.05, 0.1) is 5.69 Å². The van der Waals surface area contributed by atoms with Gasteiger partial charge in [-0.05, 0) is 30.7 Å². The van der Waals surface area contributed by atoms with Gasteiger partial charge in [-0.25, -0.2) is 26.9 Å². The average Bonchev–Trinajstić information content (AvgIpc) is 3.47. The topological polar surface area (TPSA) is 107 Å². The van der Waals surface area contributed by atoms with Crippen molar-refractivity contribution in [2.75, 3.05) is 5.32 Å². The first-order valence-corrected chi connectivity index (χ1v) is 10.8. The molecule has 2 amide bonds. The number of carbonyl (C=O) groups is 2. The minimum absolute atomic E-state index is 0.0238. The minimum atomic E-state index is -2.88. The van der Waals surface area contributed by atoms with Crippen LogP contribution in [-0.2, 0) is 6.61 Å². The molecule has 3 N–H and O–H groups in total. The molecule has 15 heteroatoms. The third-order valence-electron chi connectivity index (χ3n) is 4.98. The van der Waals surface area contributed by atoms with E-state index < -0.39 is 71.1 Å². The van der Waals surface area contributed by atoms with Gasteiger partial charge in [-0.3, -0.25) is 9.59 Å². The standard InChI is InChI=1S/C22H12F7N3O4S/c1-6-4-8(19(28)29)31-22-10(6)16(18(37-22)20(30)33)32-21(34)9-3-2-7(36-9)5-35-17-14(26)12(24)11(23)13(25)15(17)27/h2-4,19H,5H2,1H3,(H2,30,33)(H,32,34). The summed E-state index contributed by atoms with van der Waals surface area (Å²) in [5, 5.41) is 2.59. The lowest BCUT2D eigenvalue weighted by molar-refractivity contribution is 0.0992. The van der Waals surface area contributed by atoms with E-state index in [9.17, 15) is 40.3 Å². The molecule has 4 aromatic rings. The summed E-state index contributed by atoms with van der Waals surface area (Å²) >= 11 is 0.689. The second kappa shape index (κ2) is 9.72. The molecule has 3 heterocycles. The zero-order chi connectivity index (χ0) is 27.2. The lowest BCUT2D eigenvalue weighted by atomic mass is 10.1. The van der Waals surface area contributed by atoms with Crippen LogP contribution in [0.15, 0.2) is 22.6 Å². The van der Waals surface area contributed by atoms with Crippen LogP contribution in [0.4, 0.5) is 36.4 Å². The number of fused-ring (bicyclic) bond motifs is 1. The first-order valence-electron chi connectivity index (χ1n) is 9.97. The van der Waals surface area contributed by atoms with E-state index in [0.717, 1.165) is 18.2 Å².